The Labute approximate surface area is 203 Å². The highest BCUT2D eigenvalue weighted by atomic mass is 35.5. The van der Waals surface area contributed by atoms with E-state index in [2.05, 4.69) is 24.4 Å². The third-order valence-corrected chi connectivity index (χ3v) is 5.69. The van der Waals surface area contributed by atoms with Crippen molar-refractivity contribution in [2.45, 2.75) is 71.6 Å². The number of amides is 1. The van der Waals surface area contributed by atoms with Gasteiger partial charge in [0, 0.05) is 5.56 Å². The molecular weight excluding hydrogens is 436 g/mol. The number of ether oxygens (including phenoxy) is 2. The molecule has 0 aliphatic carbocycles. The molecule has 0 unspecified atom stereocenters. The van der Waals surface area contributed by atoms with Crippen molar-refractivity contribution in [1.29, 1.82) is 0 Å². The second-order valence-electron chi connectivity index (χ2n) is 8.15. The number of carbonyl (C=O) groups is 1. The molecule has 0 heterocycles. The van der Waals surface area contributed by atoms with Gasteiger partial charge < -0.3 is 9.47 Å². The first-order valence-electron chi connectivity index (χ1n) is 12.0. The van der Waals surface area contributed by atoms with Gasteiger partial charge in [-0.2, -0.15) is 5.10 Å². The van der Waals surface area contributed by atoms with Crippen LogP contribution in [0.5, 0.6) is 11.5 Å². The molecule has 0 saturated carbocycles. The largest absolute Gasteiger partial charge is 0.493 e. The zero-order valence-electron chi connectivity index (χ0n) is 20.2. The van der Waals surface area contributed by atoms with E-state index in [1.165, 1.54) is 31.2 Å². The Kier molecular flexibility index (Phi) is 12.4. The maximum absolute atomic E-state index is 12.3. The van der Waals surface area contributed by atoms with Gasteiger partial charge in [0.2, 0.25) is 0 Å². The number of halogens is 1. The van der Waals surface area contributed by atoms with E-state index in [0.717, 1.165) is 32.1 Å². The average molecular weight is 473 g/mol. The van der Waals surface area contributed by atoms with Crippen LogP contribution >= 0.6 is 11.6 Å². The van der Waals surface area contributed by atoms with Crippen LogP contribution < -0.4 is 14.9 Å². The van der Waals surface area contributed by atoms with E-state index in [1.54, 1.807) is 25.5 Å². The van der Waals surface area contributed by atoms with Crippen molar-refractivity contribution in [3.05, 3.63) is 58.1 Å². The number of unbranched alkanes of at least 4 members (excludes halogenated alkanes) is 6. The highest BCUT2D eigenvalue weighted by Gasteiger charge is 2.12. The molecular formula is C27H37ClN2O3. The lowest BCUT2D eigenvalue weighted by molar-refractivity contribution is 0.0955. The maximum atomic E-state index is 12.3. The van der Waals surface area contributed by atoms with Gasteiger partial charge in [0.15, 0.2) is 11.5 Å². The van der Waals surface area contributed by atoms with E-state index in [0.29, 0.717) is 34.3 Å². The van der Waals surface area contributed by atoms with Crippen molar-refractivity contribution in [3.63, 3.8) is 0 Å². The highest BCUT2D eigenvalue weighted by Crippen LogP contribution is 2.36. The van der Waals surface area contributed by atoms with Crippen molar-refractivity contribution < 1.29 is 14.3 Å². The molecule has 1 N–H and O–H groups in total. The molecule has 33 heavy (non-hydrogen) atoms. The van der Waals surface area contributed by atoms with Crippen molar-refractivity contribution in [3.8, 4) is 11.5 Å². The summed E-state index contributed by atoms with van der Waals surface area (Å²) < 4.78 is 11.3. The number of aryl methyl sites for hydroxylation is 1. The molecule has 0 radical (unpaired) electrons. The number of nitrogens with zero attached hydrogens (tertiary/aromatic N) is 1. The van der Waals surface area contributed by atoms with Crippen molar-refractivity contribution in [2.24, 2.45) is 5.10 Å². The summed E-state index contributed by atoms with van der Waals surface area (Å²) in [7, 11) is 1.58. The van der Waals surface area contributed by atoms with Gasteiger partial charge in [-0.25, -0.2) is 5.43 Å². The number of methoxy groups -OCH3 is 1. The summed E-state index contributed by atoms with van der Waals surface area (Å²) in [6.45, 7) is 4.98. The predicted molar refractivity (Wildman–Crippen MR) is 137 cm³/mol. The van der Waals surface area contributed by atoms with E-state index in [1.807, 2.05) is 24.3 Å². The van der Waals surface area contributed by atoms with Crippen molar-refractivity contribution in [2.75, 3.05) is 13.7 Å². The topological polar surface area (TPSA) is 59.9 Å². The lowest BCUT2D eigenvalue weighted by atomic mass is 10.1. The van der Waals surface area contributed by atoms with Crippen molar-refractivity contribution >= 4 is 23.7 Å². The second-order valence-corrected chi connectivity index (χ2v) is 8.56. The lowest BCUT2D eigenvalue weighted by Gasteiger charge is -2.13. The first-order valence-corrected chi connectivity index (χ1v) is 12.4. The summed E-state index contributed by atoms with van der Waals surface area (Å²) in [5, 5.41) is 4.52. The molecule has 0 spiro atoms. The first-order chi connectivity index (χ1) is 16.1. The fraction of sp³-hybridized carbons (Fsp3) is 0.481. The van der Waals surface area contributed by atoms with Crippen LogP contribution in [-0.4, -0.2) is 25.8 Å². The molecule has 2 aromatic carbocycles. The van der Waals surface area contributed by atoms with Gasteiger partial charge in [-0.1, -0.05) is 76.1 Å². The van der Waals surface area contributed by atoms with E-state index in [9.17, 15) is 4.79 Å². The molecule has 0 aliphatic rings. The Morgan fingerprint density at radius 1 is 1.00 bits per heavy atom. The standard InChI is InChI=1S/C27H37ClN2O3/c1-4-6-8-9-10-11-17-33-26-24(28)18-22(19-25(26)32-3)20-29-30-27(31)23-15-13-21(14-16-23)12-7-5-2/h13-16,18-20H,4-12,17H2,1-3H3,(H,30,31)/b29-20+. The van der Waals surface area contributed by atoms with Gasteiger partial charge in [-0.15, -0.1) is 0 Å². The summed E-state index contributed by atoms with van der Waals surface area (Å²) in [6, 6.07) is 11.2. The zero-order chi connectivity index (χ0) is 23.9. The summed E-state index contributed by atoms with van der Waals surface area (Å²) in [5.74, 6) is 0.825. The van der Waals surface area contributed by atoms with Crippen LogP contribution in [0.25, 0.3) is 0 Å². The monoisotopic (exact) mass is 472 g/mol. The molecule has 6 heteroatoms. The zero-order valence-corrected chi connectivity index (χ0v) is 20.9. The first kappa shape index (κ1) is 26.7. The van der Waals surface area contributed by atoms with Crippen LogP contribution in [0.15, 0.2) is 41.5 Å². The number of hydrogen-bond donors (Lipinski definition) is 1. The molecule has 0 fully saturated rings. The number of rotatable bonds is 15. The molecule has 1 amide bonds. The van der Waals surface area contributed by atoms with E-state index in [4.69, 9.17) is 21.1 Å². The summed E-state index contributed by atoms with van der Waals surface area (Å²) in [5.41, 5.74) is 5.07. The summed E-state index contributed by atoms with van der Waals surface area (Å²) in [6.07, 6.45) is 12.0. The Morgan fingerprint density at radius 3 is 2.39 bits per heavy atom. The van der Waals surface area contributed by atoms with Gasteiger partial charge >= 0.3 is 0 Å². The number of carbonyl (C=O) groups excluding carboxylic acids is 1. The molecule has 2 aromatic rings. The minimum Gasteiger partial charge on any atom is -0.493 e. The fourth-order valence-electron chi connectivity index (χ4n) is 3.44. The lowest BCUT2D eigenvalue weighted by Crippen LogP contribution is -2.17. The highest BCUT2D eigenvalue weighted by molar-refractivity contribution is 6.32. The van der Waals surface area contributed by atoms with Gasteiger partial charge in [0.05, 0.1) is 25.0 Å². The number of hydrogen-bond acceptors (Lipinski definition) is 4. The molecule has 180 valence electrons. The fourth-order valence-corrected chi connectivity index (χ4v) is 3.72. The number of benzene rings is 2. The van der Waals surface area contributed by atoms with E-state index >= 15 is 0 Å². The predicted octanol–water partition coefficient (Wildman–Crippen LogP) is 7.19. The van der Waals surface area contributed by atoms with Gasteiger partial charge in [-0.05, 0) is 54.7 Å². The molecule has 0 aliphatic heterocycles. The second kappa shape index (κ2) is 15.3. The Bertz CT molecular complexity index is 882. The molecule has 0 aromatic heterocycles. The van der Waals surface area contributed by atoms with Gasteiger partial charge in [-0.3, -0.25) is 4.79 Å². The number of nitrogens with one attached hydrogen (secondary N) is 1. The van der Waals surface area contributed by atoms with Gasteiger partial charge in [0.25, 0.3) is 5.91 Å². The molecule has 0 saturated heterocycles. The Hall–Kier alpha value is -2.53. The normalized spacial score (nSPS) is 11.0. The summed E-state index contributed by atoms with van der Waals surface area (Å²) in [4.78, 5) is 12.3. The quantitative estimate of drug-likeness (QED) is 0.169. The van der Waals surface area contributed by atoms with Crippen LogP contribution in [-0.2, 0) is 6.42 Å². The third-order valence-electron chi connectivity index (χ3n) is 5.41. The SMILES string of the molecule is CCCCCCCCOc1c(Cl)cc(/C=N/NC(=O)c2ccc(CCCC)cc2)cc1OC. The Morgan fingerprint density at radius 2 is 1.70 bits per heavy atom. The average Bonchev–Trinajstić information content (AvgIpc) is 2.83. The molecule has 0 atom stereocenters. The van der Waals surface area contributed by atoms with E-state index < -0.39 is 0 Å². The van der Waals surface area contributed by atoms with E-state index in [-0.39, 0.29) is 5.91 Å². The van der Waals surface area contributed by atoms with Crippen LogP contribution in [0.2, 0.25) is 5.02 Å². The Balaban J connectivity index is 1.89. The van der Waals surface area contributed by atoms with Crippen molar-refractivity contribution in [1.82, 2.24) is 5.43 Å². The molecule has 0 bridgehead atoms. The van der Waals surface area contributed by atoms with Crippen LogP contribution in [0.3, 0.4) is 0 Å². The molecule has 5 nitrogen and oxygen atoms in total. The maximum Gasteiger partial charge on any atom is 0.271 e. The minimum atomic E-state index is -0.259. The van der Waals surface area contributed by atoms with Crippen LogP contribution in [0.1, 0.15) is 86.7 Å². The smallest absolute Gasteiger partial charge is 0.271 e. The minimum absolute atomic E-state index is 0.259. The molecule has 2 rings (SSSR count). The summed E-state index contributed by atoms with van der Waals surface area (Å²) >= 11 is 6.43. The van der Waals surface area contributed by atoms with Gasteiger partial charge in [0.1, 0.15) is 0 Å². The van der Waals surface area contributed by atoms with Crippen LogP contribution in [0.4, 0.5) is 0 Å². The number of hydrazone groups is 1. The van der Waals surface area contributed by atoms with Crippen LogP contribution in [0, 0.1) is 0 Å². The third kappa shape index (κ3) is 9.47.